The Morgan fingerprint density at radius 3 is 3.00 bits per heavy atom. The van der Waals surface area contributed by atoms with Crippen molar-refractivity contribution in [1.29, 1.82) is 0 Å². The monoisotopic (exact) mass is 194 g/mol. The quantitative estimate of drug-likeness (QED) is 0.628. The normalized spacial score (nSPS) is 48.6. The molecule has 0 bridgehead atoms. The van der Waals surface area contributed by atoms with Crippen molar-refractivity contribution in [2.24, 2.45) is 11.3 Å². The van der Waals surface area contributed by atoms with E-state index in [1.165, 1.54) is 51.9 Å². The van der Waals surface area contributed by atoms with Gasteiger partial charge in [0.1, 0.15) is 0 Å². The van der Waals surface area contributed by atoms with Crippen LogP contribution in [0, 0.1) is 11.3 Å². The van der Waals surface area contributed by atoms with E-state index >= 15 is 0 Å². The minimum atomic E-state index is 0.653. The predicted octanol–water partition coefficient (Wildman–Crippen LogP) is 1.47. The van der Waals surface area contributed by atoms with Crippen molar-refractivity contribution in [3.8, 4) is 0 Å². The molecular formula is C12H22N2. The van der Waals surface area contributed by atoms with Crippen LogP contribution in [-0.4, -0.2) is 37.1 Å². The van der Waals surface area contributed by atoms with Crippen LogP contribution in [0.2, 0.25) is 0 Å². The lowest BCUT2D eigenvalue weighted by atomic mass is 9.71. The fourth-order valence-corrected chi connectivity index (χ4v) is 4.11. The molecule has 2 heteroatoms. The van der Waals surface area contributed by atoms with Gasteiger partial charge in [0, 0.05) is 18.0 Å². The van der Waals surface area contributed by atoms with Gasteiger partial charge in [0.2, 0.25) is 0 Å². The van der Waals surface area contributed by atoms with E-state index in [2.05, 4.69) is 17.1 Å². The van der Waals surface area contributed by atoms with Gasteiger partial charge in [-0.05, 0) is 44.8 Å². The van der Waals surface area contributed by atoms with Crippen molar-refractivity contribution in [3.63, 3.8) is 0 Å². The molecule has 3 unspecified atom stereocenters. The Labute approximate surface area is 87.0 Å². The first kappa shape index (κ1) is 9.17. The molecule has 3 heterocycles. The molecule has 0 aromatic rings. The van der Waals surface area contributed by atoms with E-state index in [0.717, 1.165) is 12.0 Å². The van der Waals surface area contributed by atoms with Crippen molar-refractivity contribution in [2.45, 2.75) is 38.6 Å². The van der Waals surface area contributed by atoms with Gasteiger partial charge in [-0.3, -0.25) is 4.90 Å². The molecule has 0 saturated carbocycles. The molecule has 3 fully saturated rings. The zero-order chi connectivity index (χ0) is 9.60. The smallest absolute Gasteiger partial charge is 0.0167 e. The Bertz CT molecular complexity index is 228. The van der Waals surface area contributed by atoms with Crippen LogP contribution in [0.15, 0.2) is 0 Å². The summed E-state index contributed by atoms with van der Waals surface area (Å²) in [5.74, 6) is 0.899. The van der Waals surface area contributed by atoms with Crippen molar-refractivity contribution in [3.05, 3.63) is 0 Å². The van der Waals surface area contributed by atoms with Crippen LogP contribution in [0.4, 0.5) is 0 Å². The minimum Gasteiger partial charge on any atom is -0.316 e. The standard InChI is InChI=1S/C12H22N2/c1-10-8-13-9-12(10)5-7-14-6-3-2-4-11(12)14/h10-11,13H,2-9H2,1H3. The maximum Gasteiger partial charge on any atom is 0.0167 e. The van der Waals surface area contributed by atoms with E-state index < -0.39 is 0 Å². The molecule has 14 heavy (non-hydrogen) atoms. The molecule has 1 spiro atoms. The third-order valence-electron chi connectivity index (χ3n) is 5.03. The number of piperidine rings is 1. The van der Waals surface area contributed by atoms with Crippen molar-refractivity contribution in [2.75, 3.05) is 26.2 Å². The molecule has 0 aromatic heterocycles. The summed E-state index contributed by atoms with van der Waals surface area (Å²) < 4.78 is 0. The zero-order valence-electron chi connectivity index (χ0n) is 9.26. The maximum absolute atomic E-state index is 3.61. The summed E-state index contributed by atoms with van der Waals surface area (Å²) in [6, 6.07) is 0.918. The Morgan fingerprint density at radius 2 is 2.21 bits per heavy atom. The molecule has 0 radical (unpaired) electrons. The SMILES string of the molecule is CC1CNCC12CCN1CCCCC12. The highest BCUT2D eigenvalue weighted by Crippen LogP contribution is 2.48. The molecule has 1 N–H and O–H groups in total. The summed E-state index contributed by atoms with van der Waals surface area (Å²) in [4.78, 5) is 2.77. The van der Waals surface area contributed by atoms with Crippen LogP contribution in [0.5, 0.6) is 0 Å². The lowest BCUT2D eigenvalue weighted by Gasteiger charge is -2.40. The van der Waals surface area contributed by atoms with Gasteiger partial charge in [-0.1, -0.05) is 13.3 Å². The fraction of sp³-hybridized carbons (Fsp3) is 1.00. The summed E-state index contributed by atoms with van der Waals surface area (Å²) in [6.45, 7) is 7.74. The summed E-state index contributed by atoms with van der Waals surface area (Å²) >= 11 is 0. The molecule has 3 rings (SSSR count). The van der Waals surface area contributed by atoms with Crippen LogP contribution in [-0.2, 0) is 0 Å². The van der Waals surface area contributed by atoms with Crippen LogP contribution >= 0.6 is 0 Å². The molecule has 0 aliphatic carbocycles. The van der Waals surface area contributed by atoms with Gasteiger partial charge in [-0.25, -0.2) is 0 Å². The topological polar surface area (TPSA) is 15.3 Å². The van der Waals surface area contributed by atoms with Gasteiger partial charge in [0.15, 0.2) is 0 Å². The lowest BCUT2D eigenvalue weighted by molar-refractivity contribution is 0.0984. The average Bonchev–Trinajstić information content (AvgIpc) is 2.76. The average molecular weight is 194 g/mol. The van der Waals surface area contributed by atoms with Gasteiger partial charge in [0.25, 0.3) is 0 Å². The number of nitrogens with one attached hydrogen (secondary N) is 1. The van der Waals surface area contributed by atoms with Crippen LogP contribution in [0.3, 0.4) is 0 Å². The molecule has 3 aliphatic rings. The van der Waals surface area contributed by atoms with Crippen molar-refractivity contribution < 1.29 is 0 Å². The van der Waals surface area contributed by atoms with Crippen LogP contribution in [0.25, 0.3) is 0 Å². The van der Waals surface area contributed by atoms with E-state index in [4.69, 9.17) is 0 Å². The molecule has 80 valence electrons. The first-order chi connectivity index (χ1) is 6.83. The van der Waals surface area contributed by atoms with E-state index in [1.807, 2.05) is 0 Å². The highest BCUT2D eigenvalue weighted by atomic mass is 15.2. The van der Waals surface area contributed by atoms with Gasteiger partial charge in [0.05, 0.1) is 0 Å². The number of hydrogen-bond donors (Lipinski definition) is 1. The Balaban J connectivity index is 1.86. The van der Waals surface area contributed by atoms with Crippen LogP contribution in [0.1, 0.15) is 32.6 Å². The van der Waals surface area contributed by atoms with Gasteiger partial charge in [-0.2, -0.15) is 0 Å². The van der Waals surface area contributed by atoms with Gasteiger partial charge < -0.3 is 5.32 Å². The largest absolute Gasteiger partial charge is 0.316 e. The number of nitrogens with zero attached hydrogens (tertiary/aromatic N) is 1. The summed E-state index contributed by atoms with van der Waals surface area (Å²) in [5, 5.41) is 3.61. The molecular weight excluding hydrogens is 172 g/mol. The molecule has 0 amide bonds. The van der Waals surface area contributed by atoms with E-state index in [9.17, 15) is 0 Å². The number of hydrogen-bond acceptors (Lipinski definition) is 2. The zero-order valence-corrected chi connectivity index (χ0v) is 9.26. The minimum absolute atomic E-state index is 0.653. The maximum atomic E-state index is 3.61. The second kappa shape index (κ2) is 3.21. The molecule has 2 nitrogen and oxygen atoms in total. The number of rotatable bonds is 0. The summed E-state index contributed by atoms with van der Waals surface area (Å²) in [7, 11) is 0. The second-order valence-electron chi connectivity index (χ2n) is 5.56. The first-order valence-electron chi connectivity index (χ1n) is 6.28. The molecule has 3 atom stereocenters. The van der Waals surface area contributed by atoms with Crippen molar-refractivity contribution in [1.82, 2.24) is 10.2 Å². The lowest BCUT2D eigenvalue weighted by Crippen LogP contribution is -2.46. The van der Waals surface area contributed by atoms with Crippen molar-refractivity contribution >= 4 is 0 Å². The third kappa shape index (κ3) is 1.10. The molecule has 3 saturated heterocycles. The Hall–Kier alpha value is -0.0800. The predicted molar refractivity (Wildman–Crippen MR) is 58.3 cm³/mol. The highest BCUT2D eigenvalue weighted by Gasteiger charge is 2.52. The van der Waals surface area contributed by atoms with E-state index in [-0.39, 0.29) is 0 Å². The fourth-order valence-electron chi connectivity index (χ4n) is 4.11. The third-order valence-corrected chi connectivity index (χ3v) is 5.03. The van der Waals surface area contributed by atoms with Gasteiger partial charge in [-0.15, -0.1) is 0 Å². The van der Waals surface area contributed by atoms with E-state index in [1.54, 1.807) is 0 Å². The van der Waals surface area contributed by atoms with Gasteiger partial charge >= 0.3 is 0 Å². The molecule has 3 aliphatic heterocycles. The molecule has 0 aromatic carbocycles. The number of fused-ring (bicyclic) bond motifs is 2. The summed E-state index contributed by atoms with van der Waals surface area (Å²) in [5.41, 5.74) is 0.653. The summed E-state index contributed by atoms with van der Waals surface area (Å²) in [6.07, 6.45) is 5.82. The first-order valence-corrected chi connectivity index (χ1v) is 6.28. The van der Waals surface area contributed by atoms with E-state index in [0.29, 0.717) is 5.41 Å². The Kier molecular flexibility index (Phi) is 2.10. The van der Waals surface area contributed by atoms with Crippen LogP contribution < -0.4 is 5.32 Å². The Morgan fingerprint density at radius 1 is 1.29 bits per heavy atom. The second-order valence-corrected chi connectivity index (χ2v) is 5.56. The highest BCUT2D eigenvalue weighted by molar-refractivity contribution is 5.07.